The Morgan fingerprint density at radius 2 is 1.52 bits per heavy atom. The first kappa shape index (κ1) is 14.6. The molecule has 0 spiro atoms. The molecule has 0 aliphatic rings. The normalized spacial score (nSPS) is 10.0. The summed E-state index contributed by atoms with van der Waals surface area (Å²) in [5.41, 5.74) is 0.716. The Bertz CT molecular complexity index is 674. The van der Waals surface area contributed by atoms with E-state index in [0.717, 1.165) is 0 Å². The van der Waals surface area contributed by atoms with Crippen LogP contribution in [-0.4, -0.2) is 26.0 Å². The number of aromatic carboxylic acids is 1. The molecule has 0 atom stereocenters. The monoisotopic (exact) mass is 285 g/mol. The van der Waals surface area contributed by atoms with Crippen molar-refractivity contribution in [3.05, 3.63) is 59.2 Å². The van der Waals surface area contributed by atoms with Gasteiger partial charge in [-0.3, -0.25) is 4.79 Å². The summed E-state index contributed by atoms with van der Waals surface area (Å²) in [6, 6.07) is 10.4. The predicted octanol–water partition coefficient (Wildman–Crippen LogP) is 1.30. The summed E-state index contributed by atoms with van der Waals surface area (Å²) in [4.78, 5) is 23.2. The van der Waals surface area contributed by atoms with Gasteiger partial charge in [0.25, 0.3) is 0 Å². The van der Waals surface area contributed by atoms with Crippen molar-refractivity contribution in [2.75, 3.05) is 14.2 Å². The summed E-state index contributed by atoms with van der Waals surface area (Å²) in [7, 11) is 2.97. The minimum Gasteiger partial charge on any atom is -0.545 e. The zero-order valence-corrected chi connectivity index (χ0v) is 11.6. The highest BCUT2D eigenvalue weighted by Crippen LogP contribution is 2.26. The van der Waals surface area contributed by atoms with Gasteiger partial charge in [-0.25, -0.2) is 0 Å². The average Bonchev–Trinajstić information content (AvgIpc) is 2.53. The molecule has 0 unspecified atom stereocenters. The van der Waals surface area contributed by atoms with Gasteiger partial charge in [0.15, 0.2) is 5.78 Å². The highest BCUT2D eigenvalue weighted by atomic mass is 16.5. The molecule has 0 fully saturated rings. The molecule has 0 aliphatic heterocycles. The van der Waals surface area contributed by atoms with Gasteiger partial charge in [0.05, 0.1) is 25.8 Å². The molecular weight excluding hydrogens is 272 g/mol. The van der Waals surface area contributed by atoms with Gasteiger partial charge in [-0.05, 0) is 23.8 Å². The van der Waals surface area contributed by atoms with Gasteiger partial charge in [-0.1, -0.05) is 24.3 Å². The van der Waals surface area contributed by atoms with E-state index in [9.17, 15) is 14.7 Å². The van der Waals surface area contributed by atoms with Crippen LogP contribution in [0.1, 0.15) is 26.3 Å². The molecule has 5 nitrogen and oxygen atoms in total. The summed E-state index contributed by atoms with van der Waals surface area (Å²) in [6.45, 7) is 0. The number of hydrogen-bond donors (Lipinski definition) is 0. The van der Waals surface area contributed by atoms with Crippen molar-refractivity contribution in [3.8, 4) is 11.5 Å². The molecule has 2 rings (SSSR count). The van der Waals surface area contributed by atoms with Crippen LogP contribution in [0.15, 0.2) is 42.5 Å². The van der Waals surface area contributed by atoms with E-state index in [4.69, 9.17) is 9.47 Å². The van der Waals surface area contributed by atoms with Crippen molar-refractivity contribution in [1.82, 2.24) is 0 Å². The second-order valence-corrected chi connectivity index (χ2v) is 4.26. The third kappa shape index (κ3) is 3.02. The summed E-state index contributed by atoms with van der Waals surface area (Å²) in [5.74, 6) is -0.612. The first-order chi connectivity index (χ1) is 10.1. The minimum atomic E-state index is -1.28. The van der Waals surface area contributed by atoms with E-state index in [1.807, 2.05) is 0 Å². The van der Waals surface area contributed by atoms with Crippen LogP contribution in [0.25, 0.3) is 0 Å². The van der Waals surface area contributed by atoms with E-state index in [1.54, 1.807) is 18.2 Å². The highest BCUT2D eigenvalue weighted by molar-refractivity contribution is 6.11. The quantitative estimate of drug-likeness (QED) is 0.774. The van der Waals surface area contributed by atoms with Gasteiger partial charge in [-0.15, -0.1) is 0 Å². The molecule has 0 aromatic heterocycles. The van der Waals surface area contributed by atoms with Crippen LogP contribution in [-0.2, 0) is 0 Å². The summed E-state index contributed by atoms with van der Waals surface area (Å²) in [5, 5.41) is 10.7. The van der Waals surface area contributed by atoms with Gasteiger partial charge in [0.1, 0.15) is 11.5 Å². The molecule has 0 heterocycles. The van der Waals surface area contributed by atoms with Crippen LogP contribution < -0.4 is 14.6 Å². The second-order valence-electron chi connectivity index (χ2n) is 4.26. The number of methoxy groups -OCH3 is 2. The Labute approximate surface area is 121 Å². The van der Waals surface area contributed by atoms with Crippen LogP contribution >= 0.6 is 0 Å². The lowest BCUT2D eigenvalue weighted by molar-refractivity contribution is -0.255. The van der Waals surface area contributed by atoms with Crippen LogP contribution in [0, 0.1) is 0 Å². The smallest absolute Gasteiger partial charge is 0.196 e. The maximum Gasteiger partial charge on any atom is 0.196 e. The number of carboxylic acid groups (broad SMARTS) is 1. The maximum absolute atomic E-state index is 12.5. The Balaban J connectivity index is 2.41. The van der Waals surface area contributed by atoms with Gasteiger partial charge in [-0.2, -0.15) is 0 Å². The largest absolute Gasteiger partial charge is 0.545 e. The zero-order chi connectivity index (χ0) is 15.4. The number of benzene rings is 2. The second kappa shape index (κ2) is 6.09. The first-order valence-corrected chi connectivity index (χ1v) is 6.15. The van der Waals surface area contributed by atoms with Gasteiger partial charge in [0.2, 0.25) is 0 Å². The number of carboxylic acids is 1. The van der Waals surface area contributed by atoms with Crippen molar-refractivity contribution in [2.24, 2.45) is 0 Å². The lowest BCUT2D eigenvalue weighted by Crippen LogP contribution is -2.22. The number of ether oxygens (including phenoxy) is 2. The number of ketones is 1. The lowest BCUT2D eigenvalue weighted by Gasteiger charge is -2.10. The highest BCUT2D eigenvalue weighted by Gasteiger charge is 2.15. The Hall–Kier alpha value is -2.82. The van der Waals surface area contributed by atoms with Gasteiger partial charge in [0, 0.05) is 5.56 Å². The number of carbonyl (C=O) groups excluding carboxylic acids is 2. The third-order valence-electron chi connectivity index (χ3n) is 3.03. The molecule has 0 N–H and O–H groups in total. The Morgan fingerprint density at radius 3 is 2.05 bits per heavy atom. The zero-order valence-electron chi connectivity index (χ0n) is 11.6. The van der Waals surface area contributed by atoms with Gasteiger partial charge >= 0.3 is 0 Å². The Morgan fingerprint density at radius 1 is 0.905 bits per heavy atom. The number of rotatable bonds is 5. The molecule has 0 saturated carbocycles. The molecule has 2 aromatic carbocycles. The van der Waals surface area contributed by atoms with Crippen molar-refractivity contribution < 1.29 is 24.2 Å². The molecule has 108 valence electrons. The predicted molar refractivity (Wildman–Crippen MR) is 73.8 cm³/mol. The third-order valence-corrected chi connectivity index (χ3v) is 3.03. The fourth-order valence-corrected chi connectivity index (χ4v) is 1.90. The summed E-state index contributed by atoms with van der Waals surface area (Å²) in [6.07, 6.45) is 0. The molecule has 0 amide bonds. The van der Waals surface area contributed by atoms with E-state index in [-0.39, 0.29) is 11.3 Å². The molecule has 5 heteroatoms. The lowest BCUT2D eigenvalue weighted by atomic mass is 10.0. The van der Waals surface area contributed by atoms with E-state index in [1.165, 1.54) is 38.5 Å². The van der Waals surface area contributed by atoms with Crippen LogP contribution in [0.3, 0.4) is 0 Å². The van der Waals surface area contributed by atoms with Crippen molar-refractivity contribution in [2.45, 2.75) is 0 Å². The first-order valence-electron chi connectivity index (χ1n) is 6.15. The maximum atomic E-state index is 12.5. The fraction of sp³-hybridized carbons (Fsp3) is 0.125. The molecule has 0 bridgehead atoms. The minimum absolute atomic E-state index is 0.0177. The van der Waals surface area contributed by atoms with Crippen molar-refractivity contribution >= 4 is 11.8 Å². The molecule has 21 heavy (non-hydrogen) atoms. The Kier molecular flexibility index (Phi) is 4.23. The van der Waals surface area contributed by atoms with E-state index in [2.05, 4.69) is 0 Å². The van der Waals surface area contributed by atoms with E-state index in [0.29, 0.717) is 22.6 Å². The molecule has 0 radical (unpaired) electrons. The SMILES string of the molecule is COc1ccc(OC)c(C(=O)c2ccc(C(=O)[O-])cc2)c1. The molecule has 0 aliphatic carbocycles. The van der Waals surface area contributed by atoms with Gasteiger partial charge < -0.3 is 19.4 Å². The summed E-state index contributed by atoms with van der Waals surface area (Å²) < 4.78 is 10.3. The molecular formula is C16H13O5-. The number of carbonyl (C=O) groups is 2. The van der Waals surface area contributed by atoms with Crippen molar-refractivity contribution in [1.29, 1.82) is 0 Å². The average molecular weight is 285 g/mol. The van der Waals surface area contributed by atoms with Crippen LogP contribution in [0.4, 0.5) is 0 Å². The fourth-order valence-electron chi connectivity index (χ4n) is 1.90. The van der Waals surface area contributed by atoms with Crippen LogP contribution in [0.5, 0.6) is 11.5 Å². The van der Waals surface area contributed by atoms with Crippen molar-refractivity contribution in [3.63, 3.8) is 0 Å². The standard InChI is InChI=1S/C16H14O5/c1-20-12-7-8-14(21-2)13(9-12)15(17)10-3-5-11(6-4-10)16(18)19/h3-9H,1-2H3,(H,18,19)/p-1. The van der Waals surface area contributed by atoms with E-state index < -0.39 is 5.97 Å². The summed E-state index contributed by atoms with van der Waals surface area (Å²) >= 11 is 0. The van der Waals surface area contributed by atoms with E-state index >= 15 is 0 Å². The topological polar surface area (TPSA) is 75.7 Å². The molecule has 0 saturated heterocycles. The molecule has 2 aromatic rings. The number of hydrogen-bond acceptors (Lipinski definition) is 5. The van der Waals surface area contributed by atoms with Crippen LogP contribution in [0.2, 0.25) is 0 Å².